The van der Waals surface area contributed by atoms with Gasteiger partial charge in [0.25, 0.3) is 0 Å². The predicted molar refractivity (Wildman–Crippen MR) is 115 cm³/mol. The van der Waals surface area contributed by atoms with Crippen LogP contribution in [0.3, 0.4) is 0 Å². The first-order valence-corrected chi connectivity index (χ1v) is 9.47. The summed E-state index contributed by atoms with van der Waals surface area (Å²) in [4.78, 5) is 26.9. The van der Waals surface area contributed by atoms with Crippen molar-refractivity contribution in [3.8, 4) is 0 Å². The van der Waals surface area contributed by atoms with Crippen molar-refractivity contribution in [3.63, 3.8) is 0 Å². The Labute approximate surface area is 174 Å². The SMILES string of the molecule is CCOC1CC(N)(C(=O)N(C)CC(=O)Nc2c(C)cc(C)cc2C)C1(C)C.Cl. The first-order valence-electron chi connectivity index (χ1n) is 9.47. The number of aryl methyl sites for hydroxylation is 3. The number of hydrogen-bond donors (Lipinski definition) is 2. The summed E-state index contributed by atoms with van der Waals surface area (Å²) in [7, 11) is 1.62. The van der Waals surface area contributed by atoms with Crippen LogP contribution in [0.1, 0.15) is 43.9 Å². The Morgan fingerprint density at radius 2 is 1.79 bits per heavy atom. The summed E-state index contributed by atoms with van der Waals surface area (Å²) in [6.07, 6.45) is 0.422. The molecule has 1 fully saturated rings. The molecular weight excluding hydrogens is 378 g/mol. The highest BCUT2D eigenvalue weighted by atomic mass is 35.5. The van der Waals surface area contributed by atoms with Crippen LogP contribution in [0, 0.1) is 26.2 Å². The molecule has 158 valence electrons. The van der Waals surface area contributed by atoms with Crippen molar-refractivity contribution >= 4 is 29.9 Å². The van der Waals surface area contributed by atoms with Crippen LogP contribution in [0.15, 0.2) is 12.1 Å². The van der Waals surface area contributed by atoms with Crippen LogP contribution in [-0.2, 0) is 14.3 Å². The van der Waals surface area contributed by atoms with E-state index < -0.39 is 11.0 Å². The minimum Gasteiger partial charge on any atom is -0.378 e. The van der Waals surface area contributed by atoms with Crippen LogP contribution in [0.5, 0.6) is 0 Å². The molecule has 1 aromatic rings. The van der Waals surface area contributed by atoms with E-state index in [1.54, 1.807) is 7.05 Å². The lowest BCUT2D eigenvalue weighted by atomic mass is 9.54. The molecule has 1 saturated carbocycles. The molecule has 2 amide bonds. The molecule has 2 unspecified atom stereocenters. The maximum atomic E-state index is 12.9. The molecule has 1 aliphatic rings. The normalized spacial score (nSPS) is 22.6. The summed E-state index contributed by atoms with van der Waals surface area (Å²) in [6, 6.07) is 4.05. The van der Waals surface area contributed by atoms with Crippen molar-refractivity contribution < 1.29 is 14.3 Å². The van der Waals surface area contributed by atoms with E-state index in [0.717, 1.165) is 22.4 Å². The molecule has 0 aliphatic heterocycles. The summed E-state index contributed by atoms with van der Waals surface area (Å²) < 4.78 is 5.68. The number of anilines is 1. The molecule has 0 bridgehead atoms. The lowest BCUT2D eigenvalue weighted by Gasteiger charge is -2.58. The number of hydrogen-bond acceptors (Lipinski definition) is 4. The Morgan fingerprint density at radius 1 is 1.25 bits per heavy atom. The Morgan fingerprint density at radius 3 is 2.25 bits per heavy atom. The van der Waals surface area contributed by atoms with E-state index in [-0.39, 0.29) is 36.9 Å². The number of ether oxygens (including phenoxy) is 1. The highest BCUT2D eigenvalue weighted by molar-refractivity contribution is 5.97. The maximum absolute atomic E-state index is 12.9. The van der Waals surface area contributed by atoms with E-state index in [4.69, 9.17) is 10.5 Å². The largest absolute Gasteiger partial charge is 0.378 e. The highest BCUT2D eigenvalue weighted by Gasteiger charge is 2.63. The van der Waals surface area contributed by atoms with Gasteiger partial charge in [0.15, 0.2) is 0 Å². The number of nitrogens with zero attached hydrogens (tertiary/aromatic N) is 1. The van der Waals surface area contributed by atoms with Crippen molar-refractivity contribution in [1.29, 1.82) is 0 Å². The molecule has 7 heteroatoms. The molecule has 6 nitrogen and oxygen atoms in total. The molecule has 28 heavy (non-hydrogen) atoms. The van der Waals surface area contributed by atoms with Gasteiger partial charge in [-0.2, -0.15) is 0 Å². The van der Waals surface area contributed by atoms with Crippen LogP contribution in [0.25, 0.3) is 0 Å². The van der Waals surface area contributed by atoms with Crippen molar-refractivity contribution in [3.05, 3.63) is 28.8 Å². The fraction of sp³-hybridized carbons (Fsp3) is 0.619. The highest BCUT2D eigenvalue weighted by Crippen LogP contribution is 2.50. The lowest BCUT2D eigenvalue weighted by Crippen LogP contribution is -2.76. The summed E-state index contributed by atoms with van der Waals surface area (Å²) in [5.74, 6) is -0.459. The van der Waals surface area contributed by atoms with Gasteiger partial charge in [0, 0.05) is 31.2 Å². The summed E-state index contributed by atoms with van der Waals surface area (Å²) >= 11 is 0. The van der Waals surface area contributed by atoms with Crippen molar-refractivity contribution in [1.82, 2.24) is 4.90 Å². The third kappa shape index (κ3) is 4.34. The number of carbonyl (C=O) groups is 2. The zero-order valence-corrected chi connectivity index (χ0v) is 18.8. The van der Waals surface area contributed by atoms with Gasteiger partial charge in [0.2, 0.25) is 11.8 Å². The number of benzene rings is 1. The monoisotopic (exact) mass is 411 g/mol. The van der Waals surface area contributed by atoms with Gasteiger partial charge < -0.3 is 20.7 Å². The molecule has 3 N–H and O–H groups in total. The van der Waals surface area contributed by atoms with E-state index in [0.29, 0.717) is 13.0 Å². The van der Waals surface area contributed by atoms with Crippen LogP contribution in [0.4, 0.5) is 5.69 Å². The Bertz CT molecular complexity index is 727. The van der Waals surface area contributed by atoms with Crippen LogP contribution >= 0.6 is 12.4 Å². The zero-order valence-electron chi connectivity index (χ0n) is 18.0. The zero-order chi connectivity index (χ0) is 20.6. The second kappa shape index (κ2) is 8.80. The third-order valence-electron chi connectivity index (χ3n) is 5.88. The predicted octanol–water partition coefficient (Wildman–Crippen LogP) is 2.96. The minimum atomic E-state index is -1.02. The van der Waals surface area contributed by atoms with Crippen molar-refractivity contribution in [2.24, 2.45) is 11.1 Å². The number of nitrogens with one attached hydrogen (secondary N) is 1. The van der Waals surface area contributed by atoms with Gasteiger partial charge >= 0.3 is 0 Å². The standard InChI is InChI=1S/C21H33N3O3.ClH/c1-8-27-16-11-21(22,20(16,5)6)19(26)24(7)12-17(25)23-18-14(3)9-13(2)10-15(18)4;/h9-10,16H,8,11-12,22H2,1-7H3,(H,23,25);1H. The minimum absolute atomic E-state index is 0. The van der Waals surface area contributed by atoms with Gasteiger partial charge in [0.1, 0.15) is 5.54 Å². The number of amides is 2. The van der Waals surface area contributed by atoms with E-state index in [1.807, 2.05) is 53.7 Å². The molecule has 0 saturated heterocycles. The molecule has 1 aromatic carbocycles. The van der Waals surface area contributed by atoms with E-state index in [2.05, 4.69) is 5.32 Å². The summed E-state index contributed by atoms with van der Waals surface area (Å²) in [6.45, 7) is 12.3. The first-order chi connectivity index (χ1) is 12.4. The fourth-order valence-corrected chi connectivity index (χ4v) is 3.98. The molecule has 0 aromatic heterocycles. The Hall–Kier alpha value is -1.63. The van der Waals surface area contributed by atoms with Gasteiger partial charge in [-0.05, 0) is 38.8 Å². The molecule has 0 heterocycles. The Kier molecular flexibility index (Phi) is 7.67. The average molecular weight is 412 g/mol. The average Bonchev–Trinajstić information content (AvgIpc) is 2.56. The topological polar surface area (TPSA) is 84.7 Å². The van der Waals surface area contributed by atoms with Crippen LogP contribution in [0.2, 0.25) is 0 Å². The van der Waals surface area contributed by atoms with Gasteiger partial charge in [0.05, 0.1) is 12.6 Å². The quantitative estimate of drug-likeness (QED) is 0.753. The van der Waals surface area contributed by atoms with E-state index in [9.17, 15) is 9.59 Å². The molecule has 0 radical (unpaired) electrons. The summed E-state index contributed by atoms with van der Waals surface area (Å²) in [5.41, 5.74) is 8.90. The van der Waals surface area contributed by atoms with Gasteiger partial charge in [-0.15, -0.1) is 12.4 Å². The number of carbonyl (C=O) groups excluding carboxylic acids is 2. The fourth-order valence-electron chi connectivity index (χ4n) is 3.98. The van der Waals surface area contributed by atoms with Gasteiger partial charge in [-0.3, -0.25) is 9.59 Å². The maximum Gasteiger partial charge on any atom is 0.243 e. The van der Waals surface area contributed by atoms with E-state index >= 15 is 0 Å². The number of halogens is 1. The summed E-state index contributed by atoms with van der Waals surface area (Å²) in [5, 5.41) is 2.93. The third-order valence-corrected chi connectivity index (χ3v) is 5.88. The van der Waals surface area contributed by atoms with Gasteiger partial charge in [-0.1, -0.05) is 31.5 Å². The number of rotatable bonds is 6. The number of nitrogens with two attached hydrogens (primary N) is 1. The molecule has 2 atom stereocenters. The first kappa shape index (κ1) is 24.4. The Balaban J connectivity index is 0.00000392. The van der Waals surface area contributed by atoms with Crippen molar-refractivity contribution in [2.75, 3.05) is 25.5 Å². The lowest BCUT2D eigenvalue weighted by molar-refractivity contribution is -0.178. The number of likely N-dealkylation sites (N-methyl/N-ethyl adjacent to an activating group) is 1. The second-order valence-corrected chi connectivity index (χ2v) is 8.32. The second-order valence-electron chi connectivity index (χ2n) is 8.32. The van der Waals surface area contributed by atoms with Crippen LogP contribution in [-0.4, -0.2) is 48.6 Å². The van der Waals surface area contributed by atoms with Crippen molar-refractivity contribution in [2.45, 2.75) is 59.6 Å². The molecule has 1 aliphatic carbocycles. The van der Waals surface area contributed by atoms with Crippen LogP contribution < -0.4 is 11.1 Å². The molecular formula is C21H34ClN3O3. The molecule has 0 spiro atoms. The smallest absolute Gasteiger partial charge is 0.243 e. The molecule has 2 rings (SSSR count). The van der Waals surface area contributed by atoms with E-state index in [1.165, 1.54) is 4.90 Å². The van der Waals surface area contributed by atoms with Gasteiger partial charge in [-0.25, -0.2) is 0 Å².